The van der Waals surface area contributed by atoms with E-state index in [0.717, 1.165) is 42.0 Å². The zero-order valence-electron chi connectivity index (χ0n) is 13.2. The lowest BCUT2D eigenvalue weighted by atomic mass is 9.97. The van der Waals surface area contributed by atoms with Crippen molar-refractivity contribution in [3.8, 4) is 11.8 Å². The molecule has 3 rings (SSSR count). The largest absolute Gasteiger partial charge is 0.307 e. The minimum Gasteiger partial charge on any atom is -0.307 e. The van der Waals surface area contributed by atoms with Crippen molar-refractivity contribution in [1.82, 2.24) is 15.1 Å². The van der Waals surface area contributed by atoms with Gasteiger partial charge >= 0.3 is 0 Å². The van der Waals surface area contributed by atoms with Crippen LogP contribution in [-0.4, -0.2) is 9.78 Å². The molecule has 0 aliphatic carbocycles. The van der Waals surface area contributed by atoms with E-state index in [1.54, 1.807) is 0 Å². The zero-order valence-corrected chi connectivity index (χ0v) is 14.0. The molecule has 1 aliphatic rings. The van der Waals surface area contributed by atoms with Crippen LogP contribution in [0.5, 0.6) is 0 Å². The lowest BCUT2D eigenvalue weighted by Crippen LogP contribution is -2.07. The SMILES string of the molecule is Cc1cc(CC(C)C)cc(-n2cc3c(n2)CNC3)c1C#N.Cl. The van der Waals surface area contributed by atoms with E-state index in [1.165, 1.54) is 11.1 Å². The Morgan fingerprint density at radius 1 is 1.36 bits per heavy atom. The highest BCUT2D eigenvalue weighted by Gasteiger charge is 2.18. The molecule has 1 N–H and O–H groups in total. The first-order valence-electron chi connectivity index (χ1n) is 7.40. The number of hydrogen-bond donors (Lipinski definition) is 1. The van der Waals surface area contributed by atoms with Gasteiger partial charge in [0.15, 0.2) is 0 Å². The lowest BCUT2D eigenvalue weighted by molar-refractivity contribution is 0.646. The summed E-state index contributed by atoms with van der Waals surface area (Å²) in [6.45, 7) is 8.10. The molecule has 0 bridgehead atoms. The lowest BCUT2D eigenvalue weighted by Gasteiger charge is -2.12. The van der Waals surface area contributed by atoms with Gasteiger partial charge in [-0.1, -0.05) is 19.9 Å². The number of rotatable bonds is 3. The van der Waals surface area contributed by atoms with Crippen molar-refractivity contribution in [2.45, 2.75) is 40.3 Å². The molecule has 116 valence electrons. The number of aryl methyl sites for hydroxylation is 1. The van der Waals surface area contributed by atoms with Crippen LogP contribution in [0.15, 0.2) is 18.3 Å². The molecule has 5 heteroatoms. The monoisotopic (exact) mass is 316 g/mol. The van der Waals surface area contributed by atoms with Crippen LogP contribution in [0.1, 0.15) is 41.8 Å². The second-order valence-electron chi connectivity index (χ2n) is 6.17. The predicted molar refractivity (Wildman–Crippen MR) is 89.3 cm³/mol. The van der Waals surface area contributed by atoms with E-state index in [0.29, 0.717) is 5.92 Å². The van der Waals surface area contributed by atoms with Crippen LogP contribution in [0.25, 0.3) is 5.69 Å². The Hall–Kier alpha value is -1.83. The fraction of sp³-hybridized carbons (Fsp3) is 0.412. The standard InChI is InChI=1S/C17H20N4.ClH/c1-11(2)4-13-5-12(3)15(7-18)17(6-13)21-10-14-8-19-9-16(14)20-21;/h5-6,10-11,19H,4,8-9H2,1-3H3;1H. The second-order valence-corrected chi connectivity index (χ2v) is 6.17. The predicted octanol–water partition coefficient (Wildman–Crippen LogP) is 3.28. The van der Waals surface area contributed by atoms with Crippen LogP contribution in [0.2, 0.25) is 0 Å². The van der Waals surface area contributed by atoms with Gasteiger partial charge in [-0.2, -0.15) is 10.4 Å². The van der Waals surface area contributed by atoms with E-state index in [-0.39, 0.29) is 12.4 Å². The Morgan fingerprint density at radius 2 is 2.14 bits per heavy atom. The smallest absolute Gasteiger partial charge is 0.102 e. The summed E-state index contributed by atoms with van der Waals surface area (Å²) in [4.78, 5) is 0. The third-order valence-electron chi connectivity index (χ3n) is 3.86. The third-order valence-corrected chi connectivity index (χ3v) is 3.86. The maximum Gasteiger partial charge on any atom is 0.102 e. The first-order chi connectivity index (χ1) is 10.1. The molecule has 0 fully saturated rings. The first kappa shape index (κ1) is 16.5. The highest BCUT2D eigenvalue weighted by molar-refractivity contribution is 5.85. The normalized spacial score (nSPS) is 12.9. The van der Waals surface area contributed by atoms with Gasteiger partial charge in [0.25, 0.3) is 0 Å². The zero-order chi connectivity index (χ0) is 15.0. The Kier molecular flexibility index (Phi) is 4.90. The molecule has 1 aliphatic heterocycles. The van der Waals surface area contributed by atoms with Gasteiger partial charge in [0, 0.05) is 24.8 Å². The number of fused-ring (bicyclic) bond motifs is 1. The maximum absolute atomic E-state index is 9.48. The molecule has 0 atom stereocenters. The highest BCUT2D eigenvalue weighted by Crippen LogP contribution is 2.24. The molecule has 0 amide bonds. The van der Waals surface area contributed by atoms with Crippen LogP contribution >= 0.6 is 12.4 Å². The molecule has 0 unspecified atom stereocenters. The summed E-state index contributed by atoms with van der Waals surface area (Å²) in [5, 5.41) is 17.4. The van der Waals surface area contributed by atoms with Crippen LogP contribution in [0, 0.1) is 24.2 Å². The van der Waals surface area contributed by atoms with Crippen molar-refractivity contribution in [2.24, 2.45) is 5.92 Å². The van der Waals surface area contributed by atoms with Crippen LogP contribution in [-0.2, 0) is 19.5 Å². The van der Waals surface area contributed by atoms with Crippen LogP contribution in [0.4, 0.5) is 0 Å². The van der Waals surface area contributed by atoms with Gasteiger partial charge in [-0.3, -0.25) is 0 Å². The number of aromatic nitrogens is 2. The number of nitriles is 1. The van der Waals surface area contributed by atoms with Crippen molar-refractivity contribution in [2.75, 3.05) is 0 Å². The summed E-state index contributed by atoms with van der Waals surface area (Å²) in [6, 6.07) is 6.57. The minimum atomic E-state index is 0. The fourth-order valence-corrected chi connectivity index (χ4v) is 2.94. The van der Waals surface area contributed by atoms with Crippen LogP contribution < -0.4 is 5.32 Å². The first-order valence-corrected chi connectivity index (χ1v) is 7.40. The quantitative estimate of drug-likeness (QED) is 0.945. The molecule has 1 aromatic carbocycles. The van der Waals surface area contributed by atoms with E-state index in [4.69, 9.17) is 0 Å². The molecule has 2 aromatic rings. The molecule has 22 heavy (non-hydrogen) atoms. The van der Waals surface area contributed by atoms with E-state index in [2.05, 4.69) is 42.5 Å². The van der Waals surface area contributed by atoms with Gasteiger partial charge in [0.1, 0.15) is 6.07 Å². The summed E-state index contributed by atoms with van der Waals surface area (Å²) in [7, 11) is 0. The Bertz CT molecular complexity index is 703. The van der Waals surface area contributed by atoms with Gasteiger partial charge in [-0.15, -0.1) is 12.4 Å². The van der Waals surface area contributed by atoms with E-state index in [9.17, 15) is 5.26 Å². The summed E-state index contributed by atoms with van der Waals surface area (Å²) in [5.74, 6) is 0.594. The summed E-state index contributed by atoms with van der Waals surface area (Å²) < 4.78 is 1.88. The van der Waals surface area contributed by atoms with Gasteiger partial charge < -0.3 is 5.32 Å². The highest BCUT2D eigenvalue weighted by atomic mass is 35.5. The number of nitrogens with zero attached hydrogens (tertiary/aromatic N) is 3. The molecule has 0 spiro atoms. The molecule has 0 saturated carbocycles. The molecule has 1 aromatic heterocycles. The van der Waals surface area contributed by atoms with Gasteiger partial charge in [-0.25, -0.2) is 4.68 Å². The van der Waals surface area contributed by atoms with E-state index in [1.807, 2.05) is 17.8 Å². The van der Waals surface area contributed by atoms with Crippen molar-refractivity contribution in [3.05, 3.63) is 46.3 Å². The fourth-order valence-electron chi connectivity index (χ4n) is 2.94. The van der Waals surface area contributed by atoms with Crippen molar-refractivity contribution in [3.63, 3.8) is 0 Å². The van der Waals surface area contributed by atoms with Crippen molar-refractivity contribution < 1.29 is 0 Å². The molecule has 0 saturated heterocycles. The molecule has 4 nitrogen and oxygen atoms in total. The average molecular weight is 317 g/mol. The minimum absolute atomic E-state index is 0. The van der Waals surface area contributed by atoms with Gasteiger partial charge in [0.05, 0.1) is 16.9 Å². The number of hydrogen-bond acceptors (Lipinski definition) is 3. The second kappa shape index (κ2) is 6.51. The summed E-state index contributed by atoms with van der Waals surface area (Å²) in [6.07, 6.45) is 3.06. The van der Waals surface area contributed by atoms with Gasteiger partial charge in [-0.05, 0) is 36.5 Å². The number of benzene rings is 1. The molecule has 0 radical (unpaired) electrons. The topological polar surface area (TPSA) is 53.6 Å². The van der Waals surface area contributed by atoms with Crippen LogP contribution in [0.3, 0.4) is 0 Å². The van der Waals surface area contributed by atoms with Crippen molar-refractivity contribution >= 4 is 12.4 Å². The summed E-state index contributed by atoms with van der Waals surface area (Å²) >= 11 is 0. The third kappa shape index (κ3) is 3.01. The number of halogens is 1. The number of nitrogens with one attached hydrogen (secondary N) is 1. The maximum atomic E-state index is 9.48. The average Bonchev–Trinajstić information content (AvgIpc) is 2.97. The molecular formula is C17H21ClN4. The van der Waals surface area contributed by atoms with Gasteiger partial charge in [0.2, 0.25) is 0 Å². The van der Waals surface area contributed by atoms with E-state index >= 15 is 0 Å². The van der Waals surface area contributed by atoms with Crippen molar-refractivity contribution in [1.29, 1.82) is 5.26 Å². The summed E-state index contributed by atoms with van der Waals surface area (Å²) in [5.41, 5.74) is 6.24. The molecular weight excluding hydrogens is 296 g/mol. The van der Waals surface area contributed by atoms with E-state index < -0.39 is 0 Å². The Balaban J connectivity index is 0.00000176. The Labute approximate surface area is 137 Å². The Morgan fingerprint density at radius 3 is 2.77 bits per heavy atom. The molecule has 2 heterocycles.